The first-order chi connectivity index (χ1) is 16.4. The van der Waals surface area contributed by atoms with Gasteiger partial charge in [-0.3, -0.25) is 9.68 Å². The second kappa shape index (κ2) is 12.5. The molecule has 0 heterocycles. The molecule has 0 aromatic carbocycles. The van der Waals surface area contributed by atoms with Crippen LogP contribution in [0, 0.1) is 11.8 Å². The zero-order valence-electron chi connectivity index (χ0n) is 26.0. The average molecular weight is 505 g/mol. The van der Waals surface area contributed by atoms with Gasteiger partial charge in [-0.1, -0.05) is 50.0 Å². The summed E-state index contributed by atoms with van der Waals surface area (Å²) in [5.74, 6) is 1.15. The lowest BCUT2D eigenvalue weighted by molar-refractivity contribution is -0.275. The highest BCUT2D eigenvalue weighted by atomic mass is 16.7. The highest BCUT2D eigenvalue weighted by Crippen LogP contribution is 2.34. The van der Waals surface area contributed by atoms with E-state index in [-0.39, 0.29) is 34.4 Å². The van der Waals surface area contributed by atoms with E-state index in [4.69, 9.17) is 9.68 Å². The van der Waals surface area contributed by atoms with Gasteiger partial charge in [-0.25, -0.2) is 0 Å². The summed E-state index contributed by atoms with van der Waals surface area (Å²) < 4.78 is 0. The van der Waals surface area contributed by atoms with Gasteiger partial charge < -0.3 is 0 Å². The van der Waals surface area contributed by atoms with Gasteiger partial charge in [-0.05, 0) is 121 Å². The highest BCUT2D eigenvalue weighted by molar-refractivity contribution is 5.05. The lowest BCUT2D eigenvalue weighted by Crippen LogP contribution is -2.53. The summed E-state index contributed by atoms with van der Waals surface area (Å²) >= 11 is 0. The molecule has 4 nitrogen and oxygen atoms in total. The van der Waals surface area contributed by atoms with Crippen LogP contribution < -0.4 is 0 Å². The van der Waals surface area contributed by atoms with E-state index in [0.29, 0.717) is 11.8 Å². The average Bonchev–Trinajstić information content (AvgIpc) is 2.64. The molecule has 0 radical (unpaired) electrons. The molecule has 0 bridgehead atoms. The summed E-state index contributed by atoms with van der Waals surface area (Å²) in [6.07, 6.45) is 19.7. The fourth-order valence-corrected chi connectivity index (χ4v) is 6.17. The van der Waals surface area contributed by atoms with Crippen molar-refractivity contribution >= 4 is 0 Å². The Morgan fingerprint density at radius 2 is 0.722 bits per heavy atom. The lowest BCUT2D eigenvalue weighted by atomic mass is 9.81. The first kappa shape index (κ1) is 31.5. The summed E-state index contributed by atoms with van der Waals surface area (Å²) in [6.45, 7) is 26.9. The Morgan fingerprint density at radius 1 is 0.444 bits per heavy atom. The summed E-state index contributed by atoms with van der Waals surface area (Å²) in [7, 11) is 0. The molecule has 0 spiro atoms. The van der Waals surface area contributed by atoms with Gasteiger partial charge in [0.05, 0.1) is 12.2 Å². The Kier molecular flexibility index (Phi) is 10.9. The van der Waals surface area contributed by atoms with E-state index in [0.717, 1.165) is 12.8 Å². The van der Waals surface area contributed by atoms with Crippen LogP contribution >= 0.6 is 0 Å². The SMILES string of the molecule is CC(C)(C)N(O[C@@H]1/C=C\[C@H]([C@H]2/C=C\[C@@H](ON(C(C)(C)C)C(C)(C)C)CCCC2)CCCC1)C(C)(C)C. The molecular formula is C32H60N2O2. The van der Waals surface area contributed by atoms with Crippen LogP contribution in [0.5, 0.6) is 0 Å². The largest absolute Gasteiger partial charge is 0.291 e. The van der Waals surface area contributed by atoms with Crippen molar-refractivity contribution in [3.05, 3.63) is 24.3 Å². The van der Waals surface area contributed by atoms with Crippen LogP contribution in [-0.4, -0.2) is 44.5 Å². The molecule has 0 saturated heterocycles. The van der Waals surface area contributed by atoms with Crippen molar-refractivity contribution in [2.75, 3.05) is 0 Å². The number of rotatable bonds is 5. The number of hydroxylamine groups is 4. The Hall–Kier alpha value is -0.680. The van der Waals surface area contributed by atoms with Gasteiger partial charge in [0, 0.05) is 22.2 Å². The molecule has 0 unspecified atom stereocenters. The standard InChI is InChI=1S/C32H60N2O2/c1-29(2,3)33(30(4,5)6)35-27-19-15-13-17-25(21-23-27)26-18-14-16-20-28(24-22-26)36-34(31(7,8)9)32(10,11)12/h21-28H,13-20H2,1-12H3/b23-21-,24-22-/t25-,26-,27+,28+/m1/s1. The van der Waals surface area contributed by atoms with E-state index in [2.05, 4.69) is 118 Å². The molecule has 0 fully saturated rings. The van der Waals surface area contributed by atoms with Gasteiger partial charge >= 0.3 is 0 Å². The van der Waals surface area contributed by atoms with Crippen LogP contribution in [-0.2, 0) is 9.68 Å². The van der Waals surface area contributed by atoms with Crippen molar-refractivity contribution in [1.29, 1.82) is 0 Å². The highest BCUT2D eigenvalue weighted by Gasteiger charge is 2.36. The predicted octanol–water partition coefficient (Wildman–Crippen LogP) is 8.88. The number of hydrogen-bond donors (Lipinski definition) is 0. The van der Waals surface area contributed by atoms with Gasteiger partial charge in [0.2, 0.25) is 0 Å². The van der Waals surface area contributed by atoms with Crippen molar-refractivity contribution in [3.63, 3.8) is 0 Å². The van der Waals surface area contributed by atoms with Crippen molar-refractivity contribution < 1.29 is 9.68 Å². The third-order valence-corrected chi connectivity index (χ3v) is 7.17. The molecule has 0 N–H and O–H groups in total. The molecule has 2 rings (SSSR count). The minimum Gasteiger partial charge on any atom is -0.291 e. The quantitative estimate of drug-likeness (QED) is 0.276. The summed E-state index contributed by atoms with van der Waals surface area (Å²) in [6, 6.07) is 0. The summed E-state index contributed by atoms with van der Waals surface area (Å²) in [4.78, 5) is 13.3. The Labute approximate surface area is 224 Å². The number of allylic oxidation sites excluding steroid dienone is 2. The van der Waals surface area contributed by atoms with Gasteiger partial charge in [-0.2, -0.15) is 10.1 Å². The van der Waals surface area contributed by atoms with Crippen LogP contribution in [0.1, 0.15) is 134 Å². The van der Waals surface area contributed by atoms with Crippen molar-refractivity contribution in [2.24, 2.45) is 11.8 Å². The first-order valence-corrected chi connectivity index (χ1v) is 14.7. The number of hydrogen-bond acceptors (Lipinski definition) is 4. The maximum atomic E-state index is 6.66. The van der Waals surface area contributed by atoms with Gasteiger partial charge in [0.15, 0.2) is 0 Å². The molecule has 4 heteroatoms. The van der Waals surface area contributed by atoms with Crippen LogP contribution in [0.3, 0.4) is 0 Å². The minimum absolute atomic E-state index is 0.0425. The fourth-order valence-electron chi connectivity index (χ4n) is 6.17. The molecule has 0 aliphatic heterocycles. The van der Waals surface area contributed by atoms with Crippen LogP contribution in [0.25, 0.3) is 0 Å². The van der Waals surface area contributed by atoms with Crippen molar-refractivity contribution in [3.8, 4) is 0 Å². The van der Waals surface area contributed by atoms with E-state index in [9.17, 15) is 0 Å². The lowest BCUT2D eigenvalue weighted by Gasteiger charge is -2.45. The van der Waals surface area contributed by atoms with Crippen LogP contribution in [0.15, 0.2) is 24.3 Å². The minimum atomic E-state index is -0.0425. The van der Waals surface area contributed by atoms with E-state index in [1.807, 2.05) is 0 Å². The van der Waals surface area contributed by atoms with Crippen LogP contribution in [0.4, 0.5) is 0 Å². The van der Waals surface area contributed by atoms with E-state index < -0.39 is 0 Å². The van der Waals surface area contributed by atoms with Crippen molar-refractivity contribution in [1.82, 2.24) is 10.1 Å². The van der Waals surface area contributed by atoms with E-state index >= 15 is 0 Å². The number of nitrogens with zero attached hydrogens (tertiary/aromatic N) is 2. The zero-order chi connectivity index (χ0) is 27.4. The summed E-state index contributed by atoms with van der Waals surface area (Å²) in [5.41, 5.74) is -0.170. The molecule has 210 valence electrons. The molecule has 2 aliphatic rings. The Morgan fingerprint density at radius 3 is 1.00 bits per heavy atom. The molecule has 4 atom stereocenters. The fraction of sp³-hybridized carbons (Fsp3) is 0.875. The molecular weight excluding hydrogens is 444 g/mol. The van der Waals surface area contributed by atoms with Gasteiger partial charge in [0.1, 0.15) is 0 Å². The van der Waals surface area contributed by atoms with E-state index in [1.54, 1.807) is 0 Å². The molecule has 0 aromatic rings. The Bertz CT molecular complexity index is 624. The summed E-state index contributed by atoms with van der Waals surface area (Å²) in [5, 5.41) is 4.42. The van der Waals surface area contributed by atoms with Gasteiger partial charge in [0.25, 0.3) is 0 Å². The molecule has 0 aromatic heterocycles. The normalized spacial score (nSPS) is 29.4. The maximum absolute atomic E-state index is 6.66. The smallest absolute Gasteiger partial charge is 0.0974 e. The van der Waals surface area contributed by atoms with Crippen LogP contribution in [0.2, 0.25) is 0 Å². The van der Waals surface area contributed by atoms with Crippen molar-refractivity contribution in [2.45, 2.75) is 169 Å². The molecule has 0 amide bonds. The zero-order valence-corrected chi connectivity index (χ0v) is 26.0. The maximum Gasteiger partial charge on any atom is 0.0974 e. The molecule has 36 heavy (non-hydrogen) atoms. The second-order valence-corrected chi connectivity index (χ2v) is 15.2. The van der Waals surface area contributed by atoms with E-state index in [1.165, 1.54) is 38.5 Å². The third kappa shape index (κ3) is 9.89. The monoisotopic (exact) mass is 504 g/mol. The second-order valence-electron chi connectivity index (χ2n) is 15.2. The third-order valence-electron chi connectivity index (χ3n) is 7.17. The molecule has 0 saturated carbocycles. The Balaban J connectivity index is 2.16. The topological polar surface area (TPSA) is 24.9 Å². The predicted molar refractivity (Wildman–Crippen MR) is 155 cm³/mol. The first-order valence-electron chi connectivity index (χ1n) is 14.7. The van der Waals surface area contributed by atoms with Gasteiger partial charge in [-0.15, -0.1) is 0 Å². The molecule has 2 aliphatic carbocycles.